The van der Waals surface area contributed by atoms with Crippen LogP contribution in [-0.2, 0) is 12.8 Å². The monoisotopic (exact) mass is 209 g/mol. The minimum atomic E-state index is 0.100. The van der Waals surface area contributed by atoms with Gasteiger partial charge in [0.25, 0.3) is 0 Å². The second-order valence-corrected chi connectivity index (χ2v) is 5.76. The zero-order chi connectivity index (χ0) is 10.3. The van der Waals surface area contributed by atoms with Crippen molar-refractivity contribution in [2.24, 2.45) is 5.41 Å². The molecule has 0 amide bonds. The molecule has 14 heavy (non-hydrogen) atoms. The van der Waals surface area contributed by atoms with Crippen molar-refractivity contribution >= 4 is 17.1 Å². The molecule has 0 saturated heterocycles. The normalized spacial score (nSPS) is 19.5. The van der Waals surface area contributed by atoms with Gasteiger partial charge in [0, 0.05) is 6.42 Å². The molecule has 0 radical (unpaired) electrons. The summed E-state index contributed by atoms with van der Waals surface area (Å²) in [5.41, 5.74) is 1.14. The number of hydrogen-bond donors (Lipinski definition) is 0. The fraction of sp³-hybridized carbons (Fsp3) is 0.636. The molecule has 1 aromatic heterocycles. The number of nitrogens with zero attached hydrogens (tertiary/aromatic N) is 1. The third-order valence-corrected chi connectivity index (χ3v) is 3.87. The SMILES string of the molecule is CCc1nc2c(s1)C(=O)CC(C)(C)C2. The van der Waals surface area contributed by atoms with E-state index in [0.717, 1.165) is 28.4 Å². The van der Waals surface area contributed by atoms with E-state index in [1.54, 1.807) is 11.3 Å². The lowest BCUT2D eigenvalue weighted by Crippen LogP contribution is -2.25. The number of Topliss-reactive ketones (excluding diaryl/α,β-unsaturated/α-hetero) is 1. The van der Waals surface area contributed by atoms with Crippen LogP contribution in [0.4, 0.5) is 0 Å². The molecule has 0 aliphatic heterocycles. The molecule has 1 aromatic rings. The number of carbonyl (C=O) groups is 1. The number of fused-ring (bicyclic) bond motifs is 1. The first-order valence-corrected chi connectivity index (χ1v) is 5.85. The van der Waals surface area contributed by atoms with E-state index in [0.29, 0.717) is 6.42 Å². The molecule has 76 valence electrons. The van der Waals surface area contributed by atoms with Crippen LogP contribution in [0.15, 0.2) is 0 Å². The molecule has 1 heterocycles. The molecule has 0 N–H and O–H groups in total. The quantitative estimate of drug-likeness (QED) is 0.712. The Morgan fingerprint density at radius 1 is 1.43 bits per heavy atom. The van der Waals surface area contributed by atoms with Crippen LogP contribution in [0.1, 0.15) is 47.6 Å². The summed E-state index contributed by atoms with van der Waals surface area (Å²) >= 11 is 1.58. The van der Waals surface area contributed by atoms with E-state index in [2.05, 4.69) is 25.8 Å². The highest BCUT2D eigenvalue weighted by Crippen LogP contribution is 2.36. The summed E-state index contributed by atoms with van der Waals surface area (Å²) in [6.07, 6.45) is 2.56. The van der Waals surface area contributed by atoms with E-state index in [1.165, 1.54) is 0 Å². The van der Waals surface area contributed by atoms with Gasteiger partial charge in [0.1, 0.15) is 0 Å². The molecule has 1 aliphatic carbocycles. The number of aromatic nitrogens is 1. The van der Waals surface area contributed by atoms with Gasteiger partial charge in [0.05, 0.1) is 15.6 Å². The Labute approximate surface area is 88.4 Å². The van der Waals surface area contributed by atoms with E-state index in [1.807, 2.05) is 0 Å². The molecular formula is C11H15NOS. The van der Waals surface area contributed by atoms with Crippen molar-refractivity contribution in [1.82, 2.24) is 4.98 Å². The Morgan fingerprint density at radius 2 is 2.14 bits per heavy atom. The van der Waals surface area contributed by atoms with Gasteiger partial charge in [-0.1, -0.05) is 20.8 Å². The summed E-state index contributed by atoms with van der Waals surface area (Å²) in [5, 5.41) is 1.10. The molecule has 0 unspecified atom stereocenters. The average Bonchev–Trinajstić information content (AvgIpc) is 2.45. The fourth-order valence-corrected chi connectivity index (χ4v) is 2.88. The van der Waals surface area contributed by atoms with Crippen molar-refractivity contribution in [2.45, 2.75) is 40.0 Å². The third kappa shape index (κ3) is 1.61. The molecule has 0 bridgehead atoms. The van der Waals surface area contributed by atoms with Gasteiger partial charge in [0.15, 0.2) is 5.78 Å². The molecule has 2 nitrogen and oxygen atoms in total. The van der Waals surface area contributed by atoms with Crippen LogP contribution in [-0.4, -0.2) is 10.8 Å². The summed E-state index contributed by atoms with van der Waals surface area (Å²) in [6.45, 7) is 6.36. The number of rotatable bonds is 1. The van der Waals surface area contributed by atoms with Crippen molar-refractivity contribution in [3.63, 3.8) is 0 Å². The van der Waals surface area contributed by atoms with Crippen molar-refractivity contribution in [3.8, 4) is 0 Å². The van der Waals surface area contributed by atoms with Gasteiger partial charge < -0.3 is 0 Å². The van der Waals surface area contributed by atoms with Crippen molar-refractivity contribution in [3.05, 3.63) is 15.6 Å². The number of ketones is 1. The molecule has 0 fully saturated rings. The van der Waals surface area contributed by atoms with E-state index in [9.17, 15) is 4.79 Å². The second-order valence-electron chi connectivity index (χ2n) is 4.68. The first-order chi connectivity index (χ1) is 6.52. The second kappa shape index (κ2) is 3.16. The van der Waals surface area contributed by atoms with E-state index in [-0.39, 0.29) is 11.2 Å². The molecule has 3 heteroatoms. The van der Waals surface area contributed by atoms with E-state index < -0.39 is 0 Å². The van der Waals surface area contributed by atoms with Crippen LogP contribution in [0.2, 0.25) is 0 Å². The lowest BCUT2D eigenvalue weighted by Gasteiger charge is -2.26. The van der Waals surface area contributed by atoms with E-state index in [4.69, 9.17) is 0 Å². The van der Waals surface area contributed by atoms with Crippen molar-refractivity contribution in [2.75, 3.05) is 0 Å². The maximum Gasteiger partial charge on any atom is 0.175 e. The Bertz CT molecular complexity index is 379. The Morgan fingerprint density at radius 3 is 2.79 bits per heavy atom. The maximum absolute atomic E-state index is 11.8. The molecule has 0 saturated carbocycles. The first-order valence-electron chi connectivity index (χ1n) is 5.03. The number of thiazole rings is 1. The Hall–Kier alpha value is -0.700. The molecular weight excluding hydrogens is 194 g/mol. The van der Waals surface area contributed by atoms with Crippen LogP contribution in [0.5, 0.6) is 0 Å². The highest BCUT2D eigenvalue weighted by atomic mass is 32.1. The number of hydrogen-bond acceptors (Lipinski definition) is 3. The predicted molar refractivity (Wildman–Crippen MR) is 57.9 cm³/mol. The highest BCUT2D eigenvalue weighted by molar-refractivity contribution is 7.13. The number of carbonyl (C=O) groups excluding carboxylic acids is 1. The third-order valence-electron chi connectivity index (χ3n) is 2.58. The lowest BCUT2D eigenvalue weighted by atomic mass is 9.78. The standard InChI is InChI=1S/C11H15NOS/c1-4-9-12-7-5-11(2,3)6-8(13)10(7)14-9/h4-6H2,1-3H3. The lowest BCUT2D eigenvalue weighted by molar-refractivity contribution is 0.0916. The van der Waals surface area contributed by atoms with Crippen LogP contribution >= 0.6 is 11.3 Å². The molecule has 0 aromatic carbocycles. The van der Waals surface area contributed by atoms with Gasteiger partial charge in [-0.2, -0.15) is 0 Å². The van der Waals surface area contributed by atoms with Crippen LogP contribution in [0.25, 0.3) is 0 Å². The maximum atomic E-state index is 11.8. The minimum absolute atomic E-state index is 0.100. The van der Waals surface area contributed by atoms with Gasteiger partial charge in [-0.05, 0) is 18.3 Å². The molecule has 2 rings (SSSR count). The summed E-state index contributed by atoms with van der Waals surface area (Å²) in [7, 11) is 0. The Balaban J connectivity index is 2.43. The fourth-order valence-electron chi connectivity index (χ4n) is 1.92. The average molecular weight is 209 g/mol. The summed E-state index contributed by atoms with van der Waals surface area (Å²) in [4.78, 5) is 17.2. The molecule has 0 atom stereocenters. The van der Waals surface area contributed by atoms with Gasteiger partial charge in [-0.3, -0.25) is 4.79 Å². The van der Waals surface area contributed by atoms with Crippen LogP contribution < -0.4 is 0 Å². The van der Waals surface area contributed by atoms with Crippen LogP contribution in [0, 0.1) is 5.41 Å². The van der Waals surface area contributed by atoms with Gasteiger partial charge in [0.2, 0.25) is 0 Å². The first kappa shape index (κ1) is 9.84. The van der Waals surface area contributed by atoms with Crippen molar-refractivity contribution in [1.29, 1.82) is 0 Å². The van der Waals surface area contributed by atoms with Gasteiger partial charge in [-0.25, -0.2) is 4.98 Å². The summed E-state index contributed by atoms with van der Waals surface area (Å²) < 4.78 is 0. The van der Waals surface area contributed by atoms with E-state index >= 15 is 0 Å². The zero-order valence-electron chi connectivity index (χ0n) is 8.89. The van der Waals surface area contributed by atoms with Crippen LogP contribution in [0.3, 0.4) is 0 Å². The van der Waals surface area contributed by atoms with Crippen molar-refractivity contribution < 1.29 is 4.79 Å². The smallest absolute Gasteiger partial charge is 0.175 e. The topological polar surface area (TPSA) is 30.0 Å². The summed E-state index contributed by atoms with van der Waals surface area (Å²) in [5.74, 6) is 0.286. The highest BCUT2D eigenvalue weighted by Gasteiger charge is 2.33. The minimum Gasteiger partial charge on any atom is -0.293 e. The van der Waals surface area contributed by atoms with Gasteiger partial charge >= 0.3 is 0 Å². The predicted octanol–water partition coefficient (Wildman–Crippen LogP) is 2.86. The van der Waals surface area contributed by atoms with Gasteiger partial charge in [-0.15, -0.1) is 11.3 Å². The largest absolute Gasteiger partial charge is 0.293 e. The Kier molecular flexibility index (Phi) is 2.22. The zero-order valence-corrected chi connectivity index (χ0v) is 9.70. The summed E-state index contributed by atoms with van der Waals surface area (Å²) in [6, 6.07) is 0. The number of aryl methyl sites for hydroxylation is 1. The molecule has 1 aliphatic rings. The molecule has 0 spiro atoms.